The van der Waals surface area contributed by atoms with Gasteiger partial charge in [-0.25, -0.2) is 14.4 Å². The monoisotopic (exact) mass is 381 g/mol. The molecule has 0 radical (unpaired) electrons. The number of hydrogen-bond acceptors (Lipinski definition) is 5. The largest absolute Gasteiger partial charge is 0.335 e. The molecule has 1 fully saturated rings. The molecule has 28 heavy (non-hydrogen) atoms. The lowest BCUT2D eigenvalue weighted by molar-refractivity contribution is -0.132. The van der Waals surface area contributed by atoms with Crippen LogP contribution >= 0.6 is 0 Å². The van der Waals surface area contributed by atoms with Crippen LogP contribution < -0.4 is 0 Å². The van der Waals surface area contributed by atoms with Gasteiger partial charge in [-0.3, -0.25) is 9.69 Å². The lowest BCUT2D eigenvalue weighted by Gasteiger charge is -2.30. The van der Waals surface area contributed by atoms with Gasteiger partial charge in [-0.05, 0) is 49.6 Å². The molecule has 1 saturated heterocycles. The molecule has 0 saturated carbocycles. The Bertz CT molecular complexity index is 852. The maximum absolute atomic E-state index is 13.6. The van der Waals surface area contributed by atoms with Gasteiger partial charge < -0.3 is 4.90 Å². The summed E-state index contributed by atoms with van der Waals surface area (Å²) in [7, 11) is 0. The number of halogens is 1. The summed E-state index contributed by atoms with van der Waals surface area (Å²) >= 11 is 0. The minimum atomic E-state index is -0.325. The van der Waals surface area contributed by atoms with Crippen molar-refractivity contribution in [2.75, 3.05) is 13.1 Å². The molecule has 146 valence electrons. The van der Waals surface area contributed by atoms with Crippen molar-refractivity contribution in [2.45, 2.75) is 45.3 Å². The Hall–Kier alpha value is -2.85. The van der Waals surface area contributed by atoms with Gasteiger partial charge in [-0.1, -0.05) is 0 Å². The number of amides is 1. The van der Waals surface area contributed by atoms with E-state index in [-0.39, 0.29) is 17.8 Å². The first kappa shape index (κ1) is 19.9. The third kappa shape index (κ3) is 5.11. The third-order valence-electron chi connectivity index (χ3n) is 5.18. The molecule has 0 bridgehead atoms. The first-order valence-electron chi connectivity index (χ1n) is 9.49. The minimum Gasteiger partial charge on any atom is -0.335 e. The summed E-state index contributed by atoms with van der Waals surface area (Å²) in [6.07, 6.45) is 7.64. The van der Waals surface area contributed by atoms with Gasteiger partial charge in [0, 0.05) is 50.6 Å². The second kappa shape index (κ2) is 9.38. The van der Waals surface area contributed by atoms with Gasteiger partial charge in [-0.2, -0.15) is 5.26 Å². The van der Waals surface area contributed by atoms with Crippen molar-refractivity contribution in [3.8, 4) is 6.07 Å². The van der Waals surface area contributed by atoms with E-state index in [9.17, 15) is 14.4 Å². The second-order valence-electron chi connectivity index (χ2n) is 7.17. The predicted octanol–water partition coefficient (Wildman–Crippen LogP) is 2.89. The molecule has 7 heteroatoms. The van der Waals surface area contributed by atoms with Crippen LogP contribution in [0.2, 0.25) is 0 Å². The van der Waals surface area contributed by atoms with Gasteiger partial charge in [0.1, 0.15) is 12.1 Å². The van der Waals surface area contributed by atoms with Gasteiger partial charge in [0.2, 0.25) is 5.91 Å². The van der Waals surface area contributed by atoms with Crippen molar-refractivity contribution in [3.05, 3.63) is 59.4 Å². The summed E-state index contributed by atoms with van der Waals surface area (Å²) in [6.45, 7) is 4.29. The summed E-state index contributed by atoms with van der Waals surface area (Å²) in [4.78, 5) is 24.4. The zero-order valence-electron chi connectivity index (χ0n) is 16.0. The molecule has 3 rings (SSSR count). The van der Waals surface area contributed by atoms with Crippen LogP contribution in [0.3, 0.4) is 0 Å². The van der Waals surface area contributed by atoms with Crippen molar-refractivity contribution < 1.29 is 9.18 Å². The molecule has 0 unspecified atom stereocenters. The van der Waals surface area contributed by atoms with E-state index >= 15 is 0 Å². The molecule has 1 aromatic carbocycles. The molecular weight excluding hydrogens is 357 g/mol. The topological polar surface area (TPSA) is 73.1 Å². The lowest BCUT2D eigenvalue weighted by atomic mass is 10.1. The Morgan fingerprint density at radius 1 is 1.32 bits per heavy atom. The molecule has 1 aromatic heterocycles. The Balaban J connectivity index is 1.66. The molecule has 1 atom stereocenters. The van der Waals surface area contributed by atoms with Crippen molar-refractivity contribution in [3.63, 3.8) is 0 Å². The Morgan fingerprint density at radius 3 is 2.82 bits per heavy atom. The van der Waals surface area contributed by atoms with E-state index in [4.69, 9.17) is 0 Å². The summed E-state index contributed by atoms with van der Waals surface area (Å²) in [5, 5.41) is 9.27. The third-order valence-corrected chi connectivity index (χ3v) is 5.18. The van der Waals surface area contributed by atoms with Gasteiger partial charge in [0.15, 0.2) is 0 Å². The maximum atomic E-state index is 13.6. The van der Waals surface area contributed by atoms with Crippen LogP contribution in [0.25, 0.3) is 0 Å². The Kier molecular flexibility index (Phi) is 6.66. The SMILES string of the molecule is CC(=O)N(Cc1cncnc1)[C@@H]1CCCN(Cc2cc(F)ccc2C#N)CC1. The summed E-state index contributed by atoms with van der Waals surface area (Å²) in [6, 6.07) is 6.58. The predicted molar refractivity (Wildman–Crippen MR) is 102 cm³/mol. The average molecular weight is 381 g/mol. The zero-order valence-corrected chi connectivity index (χ0v) is 16.0. The molecule has 6 nitrogen and oxygen atoms in total. The number of carbonyl (C=O) groups is 1. The van der Waals surface area contributed by atoms with Crippen LogP contribution in [0, 0.1) is 17.1 Å². The number of aromatic nitrogens is 2. The molecule has 0 N–H and O–H groups in total. The van der Waals surface area contributed by atoms with E-state index in [0.717, 1.165) is 37.9 Å². The van der Waals surface area contributed by atoms with Crippen molar-refractivity contribution in [1.82, 2.24) is 19.8 Å². The lowest BCUT2D eigenvalue weighted by Crippen LogP contribution is -2.39. The molecule has 1 aliphatic heterocycles. The number of rotatable bonds is 5. The molecule has 1 aliphatic rings. The summed E-state index contributed by atoms with van der Waals surface area (Å²) < 4.78 is 13.6. The maximum Gasteiger partial charge on any atom is 0.219 e. The van der Waals surface area contributed by atoms with Crippen molar-refractivity contribution >= 4 is 5.91 Å². The number of carbonyl (C=O) groups excluding carboxylic acids is 1. The fraction of sp³-hybridized carbons (Fsp3) is 0.429. The van der Waals surface area contributed by atoms with Crippen LogP contribution in [-0.2, 0) is 17.9 Å². The first-order chi connectivity index (χ1) is 13.6. The van der Waals surface area contributed by atoms with Gasteiger partial charge in [-0.15, -0.1) is 0 Å². The van der Waals surface area contributed by atoms with Crippen LogP contribution in [0.5, 0.6) is 0 Å². The van der Waals surface area contributed by atoms with Crippen LogP contribution in [0.1, 0.15) is 42.9 Å². The molecule has 0 spiro atoms. The molecule has 1 amide bonds. The van der Waals surface area contributed by atoms with E-state index in [1.54, 1.807) is 19.3 Å². The van der Waals surface area contributed by atoms with E-state index < -0.39 is 0 Å². The second-order valence-corrected chi connectivity index (χ2v) is 7.17. The van der Waals surface area contributed by atoms with Gasteiger partial charge in [0.05, 0.1) is 11.6 Å². The highest BCUT2D eigenvalue weighted by atomic mass is 19.1. The van der Waals surface area contributed by atoms with E-state index in [1.807, 2.05) is 4.90 Å². The fourth-order valence-electron chi connectivity index (χ4n) is 3.76. The standard InChI is InChI=1S/C21H24FN5O/c1-16(28)27(13-17-11-24-15-25-12-17)21-3-2-7-26(8-6-21)14-19-9-20(22)5-4-18(19)10-23/h4-5,9,11-12,15,21H,2-3,6-8,13-14H2,1H3/t21-/m1/s1. The molecule has 2 heterocycles. The Morgan fingerprint density at radius 2 is 2.11 bits per heavy atom. The highest BCUT2D eigenvalue weighted by Crippen LogP contribution is 2.21. The molecule has 0 aliphatic carbocycles. The number of likely N-dealkylation sites (tertiary alicyclic amines) is 1. The van der Waals surface area contributed by atoms with Crippen molar-refractivity contribution in [2.24, 2.45) is 0 Å². The number of hydrogen-bond donors (Lipinski definition) is 0. The quantitative estimate of drug-likeness (QED) is 0.796. The van der Waals surface area contributed by atoms with Crippen molar-refractivity contribution in [1.29, 1.82) is 5.26 Å². The molecular formula is C21H24FN5O. The molecule has 2 aromatic rings. The Labute approximate surface area is 164 Å². The van der Waals surface area contributed by atoms with E-state index in [2.05, 4.69) is 20.9 Å². The number of nitrogens with zero attached hydrogens (tertiary/aromatic N) is 5. The number of benzene rings is 1. The fourth-order valence-corrected chi connectivity index (χ4v) is 3.76. The highest BCUT2D eigenvalue weighted by Gasteiger charge is 2.25. The zero-order chi connectivity index (χ0) is 19.9. The van der Waals surface area contributed by atoms with Gasteiger partial charge in [0.25, 0.3) is 0 Å². The first-order valence-corrected chi connectivity index (χ1v) is 9.49. The highest BCUT2D eigenvalue weighted by molar-refractivity contribution is 5.73. The summed E-state index contributed by atoms with van der Waals surface area (Å²) in [5.41, 5.74) is 2.14. The minimum absolute atomic E-state index is 0.0409. The van der Waals surface area contributed by atoms with Gasteiger partial charge >= 0.3 is 0 Å². The summed E-state index contributed by atoms with van der Waals surface area (Å²) in [5.74, 6) is -0.284. The van der Waals surface area contributed by atoms with Crippen LogP contribution in [0.4, 0.5) is 4.39 Å². The average Bonchev–Trinajstić information content (AvgIpc) is 2.92. The normalized spacial score (nSPS) is 17.5. The van der Waals surface area contributed by atoms with E-state index in [1.165, 1.54) is 24.5 Å². The van der Waals surface area contributed by atoms with E-state index in [0.29, 0.717) is 24.2 Å². The van der Waals surface area contributed by atoms with Crippen LogP contribution in [-0.4, -0.2) is 44.8 Å². The number of nitriles is 1. The van der Waals surface area contributed by atoms with Crippen LogP contribution in [0.15, 0.2) is 36.9 Å². The smallest absolute Gasteiger partial charge is 0.219 e.